The van der Waals surface area contributed by atoms with Crippen LogP contribution < -0.4 is 10.1 Å². The Kier molecular flexibility index (Phi) is 9.29. The third-order valence-corrected chi connectivity index (χ3v) is 7.14. The van der Waals surface area contributed by atoms with Crippen LogP contribution in [0.3, 0.4) is 0 Å². The van der Waals surface area contributed by atoms with Gasteiger partial charge >= 0.3 is 6.18 Å². The zero-order chi connectivity index (χ0) is 29.7. The molecule has 0 fully saturated rings. The predicted octanol–water partition coefficient (Wildman–Crippen LogP) is 4.70. The number of likely N-dealkylation sites (N-methyl/N-ethyl adjacent to an activating group) is 1. The topological polar surface area (TPSA) is 95.0 Å². The van der Waals surface area contributed by atoms with E-state index in [1.807, 2.05) is 6.92 Å². The fraction of sp³-hybridized carbons (Fsp3) is 0.367. The summed E-state index contributed by atoms with van der Waals surface area (Å²) in [6.45, 7) is 3.87. The van der Waals surface area contributed by atoms with Gasteiger partial charge in [-0.15, -0.1) is 0 Å². The number of aromatic nitrogens is 1. The predicted molar refractivity (Wildman–Crippen MR) is 148 cm³/mol. The van der Waals surface area contributed by atoms with Crippen LogP contribution in [-0.4, -0.2) is 70.6 Å². The first-order valence-corrected chi connectivity index (χ1v) is 13.3. The first kappa shape index (κ1) is 30.0. The van der Waals surface area contributed by atoms with Crippen molar-refractivity contribution >= 4 is 17.5 Å². The SMILES string of the molecule is C[C@H]1CN([C@@H](C)CO)C(=O)c2cccc(NC(=O)c3ccncc3)c2O[C@@H]1CN(C)Cc1ccccc1C(F)(F)F. The monoisotopic (exact) mass is 570 g/mol. The Bertz CT molecular complexity index is 1370. The zero-order valence-corrected chi connectivity index (χ0v) is 23.1. The van der Waals surface area contributed by atoms with E-state index in [1.54, 1.807) is 60.2 Å². The molecule has 2 aromatic carbocycles. The minimum atomic E-state index is -4.48. The van der Waals surface area contributed by atoms with Crippen molar-refractivity contribution in [3.05, 3.63) is 89.2 Å². The van der Waals surface area contributed by atoms with Gasteiger partial charge in [0.2, 0.25) is 0 Å². The van der Waals surface area contributed by atoms with E-state index in [9.17, 15) is 27.9 Å². The summed E-state index contributed by atoms with van der Waals surface area (Å²) in [5.41, 5.74) is 0.285. The van der Waals surface area contributed by atoms with E-state index in [0.717, 1.165) is 6.07 Å². The minimum Gasteiger partial charge on any atom is -0.486 e. The van der Waals surface area contributed by atoms with Crippen LogP contribution >= 0.6 is 0 Å². The van der Waals surface area contributed by atoms with Gasteiger partial charge in [0.15, 0.2) is 5.75 Å². The molecule has 4 rings (SSSR count). The number of amides is 2. The molecule has 11 heteroatoms. The van der Waals surface area contributed by atoms with Crippen molar-refractivity contribution in [3.8, 4) is 5.75 Å². The van der Waals surface area contributed by atoms with Crippen molar-refractivity contribution in [2.45, 2.75) is 38.7 Å². The number of aliphatic hydroxyl groups is 1. The molecular formula is C30H33F3N4O4. The Hall–Kier alpha value is -3.96. The van der Waals surface area contributed by atoms with E-state index in [0.29, 0.717) is 5.56 Å². The maximum atomic E-state index is 13.6. The number of halogens is 3. The van der Waals surface area contributed by atoms with Crippen molar-refractivity contribution in [2.24, 2.45) is 5.92 Å². The number of alkyl halides is 3. The molecule has 0 spiro atoms. The Balaban J connectivity index is 1.67. The first-order chi connectivity index (χ1) is 19.5. The van der Waals surface area contributed by atoms with Gasteiger partial charge in [0, 0.05) is 43.5 Å². The van der Waals surface area contributed by atoms with Gasteiger partial charge in [0.1, 0.15) is 6.10 Å². The highest BCUT2D eigenvalue weighted by Crippen LogP contribution is 2.36. The van der Waals surface area contributed by atoms with E-state index in [2.05, 4.69) is 10.3 Å². The second-order valence-corrected chi connectivity index (χ2v) is 10.3. The molecule has 3 aromatic rings. The van der Waals surface area contributed by atoms with Gasteiger partial charge < -0.3 is 20.1 Å². The van der Waals surface area contributed by atoms with E-state index in [4.69, 9.17) is 4.74 Å². The molecule has 0 unspecified atom stereocenters. The highest BCUT2D eigenvalue weighted by Gasteiger charge is 2.36. The molecule has 0 bridgehead atoms. The molecule has 218 valence electrons. The Morgan fingerprint density at radius 3 is 2.56 bits per heavy atom. The van der Waals surface area contributed by atoms with E-state index < -0.39 is 29.8 Å². The molecule has 1 aliphatic heterocycles. The van der Waals surface area contributed by atoms with E-state index in [1.165, 1.54) is 24.5 Å². The number of hydrogen-bond donors (Lipinski definition) is 2. The molecule has 0 aliphatic carbocycles. The molecular weight excluding hydrogens is 537 g/mol. The number of nitrogens with zero attached hydrogens (tertiary/aromatic N) is 3. The molecule has 0 saturated heterocycles. The van der Waals surface area contributed by atoms with Crippen molar-refractivity contribution < 1.29 is 32.6 Å². The zero-order valence-electron chi connectivity index (χ0n) is 23.1. The molecule has 0 saturated carbocycles. The van der Waals surface area contributed by atoms with E-state index >= 15 is 0 Å². The Morgan fingerprint density at radius 2 is 1.88 bits per heavy atom. The molecule has 41 heavy (non-hydrogen) atoms. The Morgan fingerprint density at radius 1 is 1.17 bits per heavy atom. The summed E-state index contributed by atoms with van der Waals surface area (Å²) < 4.78 is 47.3. The molecule has 1 aliphatic rings. The quantitative estimate of drug-likeness (QED) is 0.408. The standard InChI is InChI=1S/C30H33F3N4O4/c1-19-15-37(20(2)18-38)29(40)23-8-6-10-25(35-28(39)21-11-13-34-14-12-21)27(23)41-26(19)17-36(3)16-22-7-4-5-9-24(22)30(31,32)33/h4-14,19-20,26,38H,15-18H2,1-3H3,(H,35,39)/t19-,20-,26+/m0/s1. The van der Waals surface area contributed by atoms with Gasteiger partial charge in [0.25, 0.3) is 11.8 Å². The van der Waals surface area contributed by atoms with Crippen LogP contribution in [0.2, 0.25) is 0 Å². The number of hydrogen-bond acceptors (Lipinski definition) is 6. The molecule has 8 nitrogen and oxygen atoms in total. The minimum absolute atomic E-state index is 0.0191. The third kappa shape index (κ3) is 7.04. The number of ether oxygens (including phenoxy) is 1. The summed E-state index contributed by atoms with van der Waals surface area (Å²) in [7, 11) is 1.71. The van der Waals surface area contributed by atoms with Crippen LogP contribution in [0.1, 0.15) is 45.7 Å². The number of para-hydroxylation sites is 1. The van der Waals surface area contributed by atoms with Gasteiger partial charge in [-0.25, -0.2) is 0 Å². The summed E-state index contributed by atoms with van der Waals surface area (Å²) in [4.78, 5) is 33.8. The lowest BCUT2D eigenvalue weighted by molar-refractivity contribution is -0.138. The second-order valence-electron chi connectivity index (χ2n) is 10.3. The number of anilines is 1. The van der Waals surface area contributed by atoms with Crippen LogP contribution in [0.25, 0.3) is 0 Å². The Labute approximate surface area is 236 Å². The molecule has 2 amide bonds. The van der Waals surface area contributed by atoms with Crippen molar-refractivity contribution in [3.63, 3.8) is 0 Å². The maximum Gasteiger partial charge on any atom is 0.416 e. The lowest BCUT2D eigenvalue weighted by atomic mass is 9.98. The molecule has 1 aromatic heterocycles. The van der Waals surface area contributed by atoms with Crippen LogP contribution in [0, 0.1) is 5.92 Å². The van der Waals surface area contributed by atoms with E-state index in [-0.39, 0.29) is 60.6 Å². The summed E-state index contributed by atoms with van der Waals surface area (Å²) >= 11 is 0. The number of aliphatic hydroxyl groups excluding tert-OH is 1. The van der Waals surface area contributed by atoms with Crippen LogP contribution in [0.15, 0.2) is 67.0 Å². The first-order valence-electron chi connectivity index (χ1n) is 13.3. The smallest absolute Gasteiger partial charge is 0.416 e. The summed E-state index contributed by atoms with van der Waals surface area (Å²) in [6.07, 6.45) is -2.08. The number of fused-ring (bicyclic) bond motifs is 1. The van der Waals surface area contributed by atoms with Gasteiger partial charge in [-0.05, 0) is 49.9 Å². The number of benzene rings is 2. The van der Waals surface area contributed by atoms with Crippen LogP contribution in [0.4, 0.5) is 18.9 Å². The fourth-order valence-electron chi connectivity index (χ4n) is 4.85. The van der Waals surface area contributed by atoms with Crippen LogP contribution in [-0.2, 0) is 12.7 Å². The van der Waals surface area contributed by atoms with Crippen molar-refractivity contribution in [2.75, 3.05) is 32.1 Å². The van der Waals surface area contributed by atoms with Gasteiger partial charge in [0.05, 0.1) is 29.5 Å². The number of carbonyl (C=O) groups is 2. The molecule has 2 N–H and O–H groups in total. The average Bonchev–Trinajstić information content (AvgIpc) is 2.95. The normalized spacial score (nSPS) is 18.2. The second kappa shape index (κ2) is 12.7. The average molecular weight is 571 g/mol. The number of nitrogens with one attached hydrogen (secondary N) is 1. The highest BCUT2D eigenvalue weighted by atomic mass is 19.4. The summed E-state index contributed by atoms with van der Waals surface area (Å²) in [5.74, 6) is -0.898. The summed E-state index contributed by atoms with van der Waals surface area (Å²) in [5, 5.41) is 12.7. The largest absolute Gasteiger partial charge is 0.486 e. The van der Waals surface area contributed by atoms with Crippen LogP contribution in [0.5, 0.6) is 5.75 Å². The third-order valence-electron chi connectivity index (χ3n) is 7.14. The molecule has 2 heterocycles. The van der Waals surface area contributed by atoms with Gasteiger partial charge in [-0.1, -0.05) is 31.2 Å². The number of rotatable bonds is 8. The molecule has 3 atom stereocenters. The lowest BCUT2D eigenvalue weighted by Crippen LogP contribution is -2.49. The fourth-order valence-corrected chi connectivity index (χ4v) is 4.85. The maximum absolute atomic E-state index is 13.6. The lowest BCUT2D eigenvalue weighted by Gasteiger charge is -2.38. The van der Waals surface area contributed by atoms with Gasteiger partial charge in [-0.3, -0.25) is 19.5 Å². The van der Waals surface area contributed by atoms with Gasteiger partial charge in [-0.2, -0.15) is 13.2 Å². The number of pyridine rings is 1. The number of carbonyl (C=O) groups excluding carboxylic acids is 2. The van der Waals surface area contributed by atoms with Crippen molar-refractivity contribution in [1.82, 2.24) is 14.8 Å². The molecule has 0 radical (unpaired) electrons. The summed E-state index contributed by atoms with van der Waals surface area (Å²) in [6, 6.07) is 12.9. The highest BCUT2D eigenvalue weighted by molar-refractivity contribution is 6.07. The van der Waals surface area contributed by atoms with Crippen molar-refractivity contribution in [1.29, 1.82) is 0 Å².